The highest BCUT2D eigenvalue weighted by atomic mass is 19.1. The summed E-state index contributed by atoms with van der Waals surface area (Å²) < 4.78 is 22.4. The standard InChI is InChI=1S/C11H9FO4/c1-15-11(14)10(13)9-4-6-2-3-7(12)5-8(6)16-9/h2-5,10,13H,1H3. The van der Waals surface area contributed by atoms with Crippen LogP contribution in [0.15, 0.2) is 28.7 Å². The van der Waals surface area contributed by atoms with E-state index >= 15 is 0 Å². The molecule has 1 aromatic heterocycles. The summed E-state index contributed by atoms with van der Waals surface area (Å²) in [6.07, 6.45) is -1.49. The molecule has 0 aliphatic heterocycles. The summed E-state index contributed by atoms with van der Waals surface area (Å²) >= 11 is 0. The third-order valence-electron chi connectivity index (χ3n) is 2.20. The lowest BCUT2D eigenvalue weighted by atomic mass is 10.2. The fourth-order valence-electron chi connectivity index (χ4n) is 1.39. The van der Waals surface area contributed by atoms with Crippen LogP contribution in [0.25, 0.3) is 11.0 Å². The van der Waals surface area contributed by atoms with Crippen molar-refractivity contribution in [3.05, 3.63) is 35.8 Å². The van der Waals surface area contributed by atoms with Crippen molar-refractivity contribution in [1.29, 1.82) is 0 Å². The highest BCUT2D eigenvalue weighted by Crippen LogP contribution is 2.25. The molecule has 0 amide bonds. The smallest absolute Gasteiger partial charge is 0.342 e. The minimum Gasteiger partial charge on any atom is -0.467 e. The molecule has 5 heteroatoms. The van der Waals surface area contributed by atoms with Gasteiger partial charge in [-0.1, -0.05) is 0 Å². The number of fused-ring (bicyclic) bond motifs is 1. The average molecular weight is 224 g/mol. The van der Waals surface area contributed by atoms with Crippen LogP contribution in [0, 0.1) is 5.82 Å². The number of carbonyl (C=O) groups is 1. The van der Waals surface area contributed by atoms with Crippen molar-refractivity contribution in [3.63, 3.8) is 0 Å². The largest absolute Gasteiger partial charge is 0.467 e. The first kappa shape index (κ1) is 10.6. The Bertz CT molecular complexity index is 532. The van der Waals surface area contributed by atoms with E-state index in [-0.39, 0.29) is 11.3 Å². The second-order valence-electron chi connectivity index (χ2n) is 3.26. The topological polar surface area (TPSA) is 59.7 Å². The van der Waals surface area contributed by atoms with Crippen molar-refractivity contribution >= 4 is 16.9 Å². The number of hydrogen-bond acceptors (Lipinski definition) is 4. The van der Waals surface area contributed by atoms with Crippen LogP contribution >= 0.6 is 0 Å². The van der Waals surface area contributed by atoms with Gasteiger partial charge in [-0.25, -0.2) is 9.18 Å². The van der Waals surface area contributed by atoms with Gasteiger partial charge in [0, 0.05) is 11.5 Å². The van der Waals surface area contributed by atoms with Crippen LogP contribution in [0.1, 0.15) is 11.9 Å². The maximum Gasteiger partial charge on any atom is 0.342 e. The second-order valence-corrected chi connectivity index (χ2v) is 3.26. The summed E-state index contributed by atoms with van der Waals surface area (Å²) in [5.74, 6) is -1.23. The molecule has 1 N–H and O–H groups in total. The Morgan fingerprint density at radius 3 is 2.94 bits per heavy atom. The molecule has 1 atom stereocenters. The number of methoxy groups -OCH3 is 1. The van der Waals surface area contributed by atoms with Gasteiger partial charge in [0.25, 0.3) is 0 Å². The Morgan fingerprint density at radius 2 is 2.25 bits per heavy atom. The predicted molar refractivity (Wildman–Crippen MR) is 53.1 cm³/mol. The number of aliphatic hydroxyl groups is 1. The molecule has 0 aliphatic carbocycles. The summed E-state index contributed by atoms with van der Waals surface area (Å²) in [5.41, 5.74) is 0.276. The van der Waals surface area contributed by atoms with Crippen molar-refractivity contribution in [2.45, 2.75) is 6.10 Å². The van der Waals surface area contributed by atoms with Crippen molar-refractivity contribution in [1.82, 2.24) is 0 Å². The Morgan fingerprint density at radius 1 is 1.50 bits per heavy atom. The average Bonchev–Trinajstić information content (AvgIpc) is 2.69. The summed E-state index contributed by atoms with van der Waals surface area (Å²) in [4.78, 5) is 11.0. The molecule has 0 radical (unpaired) electrons. The van der Waals surface area contributed by atoms with E-state index < -0.39 is 17.9 Å². The number of ether oxygens (including phenoxy) is 1. The predicted octanol–water partition coefficient (Wildman–Crippen LogP) is 1.78. The number of esters is 1. The van der Waals surface area contributed by atoms with Gasteiger partial charge in [-0.05, 0) is 18.2 Å². The van der Waals surface area contributed by atoms with Crippen LogP contribution in [-0.4, -0.2) is 18.2 Å². The van der Waals surface area contributed by atoms with E-state index in [1.807, 2.05) is 0 Å². The monoisotopic (exact) mass is 224 g/mol. The zero-order chi connectivity index (χ0) is 11.7. The van der Waals surface area contributed by atoms with Crippen LogP contribution < -0.4 is 0 Å². The molecule has 0 fully saturated rings. The van der Waals surface area contributed by atoms with E-state index in [2.05, 4.69) is 4.74 Å². The lowest BCUT2D eigenvalue weighted by Gasteiger charge is -2.03. The van der Waals surface area contributed by atoms with E-state index in [0.717, 1.165) is 7.11 Å². The molecule has 84 valence electrons. The van der Waals surface area contributed by atoms with Crippen molar-refractivity contribution < 1.29 is 23.4 Å². The number of hydrogen-bond donors (Lipinski definition) is 1. The molecule has 2 aromatic rings. The fourth-order valence-corrected chi connectivity index (χ4v) is 1.39. The molecular weight excluding hydrogens is 215 g/mol. The van der Waals surface area contributed by atoms with Crippen LogP contribution in [0.4, 0.5) is 4.39 Å². The van der Waals surface area contributed by atoms with Gasteiger partial charge < -0.3 is 14.3 Å². The Hall–Kier alpha value is -1.88. The van der Waals surface area contributed by atoms with Gasteiger partial charge in [0.1, 0.15) is 17.2 Å². The molecule has 0 spiro atoms. The van der Waals surface area contributed by atoms with Gasteiger partial charge >= 0.3 is 5.97 Å². The number of benzene rings is 1. The Balaban J connectivity index is 2.43. The summed E-state index contributed by atoms with van der Waals surface area (Å²) in [6.45, 7) is 0. The zero-order valence-corrected chi connectivity index (χ0v) is 8.44. The molecule has 1 heterocycles. The molecule has 0 bridgehead atoms. The maximum absolute atomic E-state index is 12.9. The normalized spacial score (nSPS) is 12.7. The molecule has 1 aromatic carbocycles. The van der Waals surface area contributed by atoms with Crippen molar-refractivity contribution in [2.24, 2.45) is 0 Å². The van der Waals surface area contributed by atoms with Gasteiger partial charge in [-0.3, -0.25) is 0 Å². The zero-order valence-electron chi connectivity index (χ0n) is 8.44. The minimum atomic E-state index is -1.49. The first-order chi connectivity index (χ1) is 7.61. The molecule has 0 aliphatic rings. The number of halogens is 1. The fraction of sp³-hybridized carbons (Fsp3) is 0.182. The van der Waals surface area contributed by atoms with Crippen LogP contribution in [0.2, 0.25) is 0 Å². The Kier molecular flexibility index (Phi) is 2.62. The molecule has 1 unspecified atom stereocenters. The summed E-state index contributed by atoms with van der Waals surface area (Å²) in [6, 6.07) is 5.42. The minimum absolute atomic E-state index is 0.0347. The van der Waals surface area contributed by atoms with Crippen LogP contribution in [-0.2, 0) is 9.53 Å². The molecule has 0 saturated carbocycles. The lowest BCUT2D eigenvalue weighted by molar-refractivity contribution is -0.151. The third-order valence-corrected chi connectivity index (χ3v) is 2.20. The molecular formula is C11H9FO4. The van der Waals surface area contributed by atoms with Crippen molar-refractivity contribution in [3.8, 4) is 0 Å². The van der Waals surface area contributed by atoms with Crippen LogP contribution in [0.5, 0.6) is 0 Å². The number of aliphatic hydroxyl groups excluding tert-OH is 1. The van der Waals surface area contributed by atoms with Crippen molar-refractivity contribution in [2.75, 3.05) is 7.11 Å². The maximum atomic E-state index is 12.9. The first-order valence-electron chi connectivity index (χ1n) is 4.56. The summed E-state index contributed by atoms with van der Waals surface area (Å²) in [5, 5.41) is 10.1. The van der Waals surface area contributed by atoms with Gasteiger partial charge in [-0.2, -0.15) is 0 Å². The number of furan rings is 1. The second kappa shape index (κ2) is 3.94. The van der Waals surface area contributed by atoms with E-state index in [0.29, 0.717) is 5.39 Å². The lowest BCUT2D eigenvalue weighted by Crippen LogP contribution is -2.12. The molecule has 4 nitrogen and oxygen atoms in total. The first-order valence-corrected chi connectivity index (χ1v) is 4.56. The van der Waals surface area contributed by atoms with E-state index in [1.54, 1.807) is 0 Å². The van der Waals surface area contributed by atoms with E-state index in [4.69, 9.17) is 4.42 Å². The van der Waals surface area contributed by atoms with E-state index in [1.165, 1.54) is 24.3 Å². The molecule has 16 heavy (non-hydrogen) atoms. The van der Waals surface area contributed by atoms with Gasteiger partial charge in [-0.15, -0.1) is 0 Å². The highest BCUT2D eigenvalue weighted by Gasteiger charge is 2.22. The molecule has 2 rings (SSSR count). The van der Waals surface area contributed by atoms with Crippen LogP contribution in [0.3, 0.4) is 0 Å². The summed E-state index contributed by atoms with van der Waals surface area (Å²) in [7, 11) is 1.16. The van der Waals surface area contributed by atoms with Gasteiger partial charge in [0.05, 0.1) is 7.11 Å². The molecule has 0 saturated heterocycles. The van der Waals surface area contributed by atoms with Gasteiger partial charge in [0.15, 0.2) is 0 Å². The third kappa shape index (κ3) is 1.77. The number of rotatable bonds is 2. The quantitative estimate of drug-likeness (QED) is 0.790. The van der Waals surface area contributed by atoms with Gasteiger partial charge in [0.2, 0.25) is 6.10 Å². The van der Waals surface area contributed by atoms with E-state index in [9.17, 15) is 14.3 Å². The SMILES string of the molecule is COC(=O)C(O)c1cc2ccc(F)cc2o1. The highest BCUT2D eigenvalue weighted by molar-refractivity contribution is 5.81. The Labute approximate surface area is 90.2 Å². The number of carbonyl (C=O) groups excluding carboxylic acids is 1.